The molecule has 0 radical (unpaired) electrons. The first-order valence-corrected chi connectivity index (χ1v) is 10.8. The molecule has 29 heavy (non-hydrogen) atoms. The van der Waals surface area contributed by atoms with Gasteiger partial charge in [-0.25, -0.2) is 0 Å². The van der Waals surface area contributed by atoms with E-state index >= 15 is 0 Å². The van der Waals surface area contributed by atoms with Gasteiger partial charge in [0.25, 0.3) is 0 Å². The number of carbonyl (C=O) groups excluding carboxylic acids is 3. The van der Waals surface area contributed by atoms with Crippen LogP contribution in [0.5, 0.6) is 0 Å². The summed E-state index contributed by atoms with van der Waals surface area (Å²) in [5.74, 6) is 1.05. The van der Waals surface area contributed by atoms with E-state index in [-0.39, 0.29) is 41.5 Å². The number of piperidine rings is 2. The molecule has 0 N–H and O–H groups in total. The molecule has 3 amide bonds. The lowest BCUT2D eigenvalue weighted by atomic mass is 9.81. The van der Waals surface area contributed by atoms with Gasteiger partial charge < -0.3 is 14.7 Å². The number of carbonyl (C=O) groups is 3. The van der Waals surface area contributed by atoms with Gasteiger partial charge in [0.05, 0.1) is 0 Å². The van der Waals surface area contributed by atoms with Crippen molar-refractivity contribution in [2.24, 2.45) is 11.8 Å². The topological polar surface area (TPSA) is 60.9 Å². The van der Waals surface area contributed by atoms with Gasteiger partial charge in [0.15, 0.2) is 0 Å². The van der Waals surface area contributed by atoms with E-state index < -0.39 is 0 Å². The molecule has 3 heterocycles. The normalized spacial score (nSPS) is 27.7. The number of rotatable bonds is 2. The average molecular weight is 398 g/mol. The maximum atomic E-state index is 13.2. The van der Waals surface area contributed by atoms with Crippen molar-refractivity contribution < 1.29 is 14.4 Å². The van der Waals surface area contributed by atoms with E-state index in [0.717, 1.165) is 38.9 Å². The lowest BCUT2D eigenvalue weighted by Gasteiger charge is -2.41. The summed E-state index contributed by atoms with van der Waals surface area (Å²) in [6, 6.07) is 10.6. The van der Waals surface area contributed by atoms with Gasteiger partial charge in [-0.05, 0) is 24.8 Å². The van der Waals surface area contributed by atoms with Gasteiger partial charge in [0.2, 0.25) is 17.7 Å². The fraction of sp³-hybridized carbons (Fsp3) is 0.609. The molecular weight excluding hydrogens is 366 g/mol. The summed E-state index contributed by atoms with van der Waals surface area (Å²) in [5.41, 5.74) is 1.26. The second-order valence-electron chi connectivity index (χ2n) is 8.77. The Morgan fingerprint density at radius 2 is 1.48 bits per heavy atom. The van der Waals surface area contributed by atoms with Crippen molar-refractivity contribution in [1.82, 2.24) is 14.7 Å². The fourth-order valence-corrected chi connectivity index (χ4v) is 5.55. The number of fused-ring (bicyclic) bond motifs is 1. The number of amides is 3. The summed E-state index contributed by atoms with van der Waals surface area (Å²) in [4.78, 5) is 42.9. The molecule has 0 aromatic heterocycles. The zero-order chi connectivity index (χ0) is 20.5. The molecule has 156 valence electrons. The van der Waals surface area contributed by atoms with E-state index in [1.54, 1.807) is 13.8 Å². The highest BCUT2D eigenvalue weighted by atomic mass is 16.2. The monoisotopic (exact) mass is 397 g/mol. The molecule has 0 spiro atoms. The molecule has 6 heteroatoms. The zero-order valence-corrected chi connectivity index (χ0v) is 17.4. The van der Waals surface area contributed by atoms with Gasteiger partial charge in [0, 0.05) is 70.4 Å². The Balaban J connectivity index is 1.47. The van der Waals surface area contributed by atoms with Crippen LogP contribution in [-0.4, -0.2) is 71.2 Å². The van der Waals surface area contributed by atoms with E-state index in [1.165, 1.54) is 5.56 Å². The third-order valence-corrected chi connectivity index (χ3v) is 7.16. The SMILES string of the molecule is CC(=O)N1CCC(C(=O)N2CC[C@@H]3[C@H](C2)[C@@H](c2ccccc2)CN3C(C)=O)CC1. The minimum atomic E-state index is 0.0163. The molecule has 3 atom stereocenters. The lowest BCUT2D eigenvalue weighted by Crippen LogP contribution is -2.52. The van der Waals surface area contributed by atoms with Crippen LogP contribution < -0.4 is 0 Å². The molecule has 0 bridgehead atoms. The molecule has 3 fully saturated rings. The highest BCUT2D eigenvalue weighted by Crippen LogP contribution is 2.42. The molecule has 3 saturated heterocycles. The second kappa shape index (κ2) is 8.17. The fourth-order valence-electron chi connectivity index (χ4n) is 5.55. The van der Waals surface area contributed by atoms with Crippen LogP contribution in [0, 0.1) is 11.8 Å². The van der Waals surface area contributed by atoms with Crippen molar-refractivity contribution in [2.45, 2.75) is 45.1 Å². The largest absolute Gasteiger partial charge is 0.343 e. The molecule has 3 aliphatic heterocycles. The number of likely N-dealkylation sites (tertiary alicyclic amines) is 3. The Labute approximate surface area is 172 Å². The molecule has 1 aromatic rings. The Morgan fingerprint density at radius 3 is 2.10 bits per heavy atom. The summed E-state index contributed by atoms with van der Waals surface area (Å²) in [6.45, 7) is 6.79. The Hall–Kier alpha value is -2.37. The average Bonchev–Trinajstić information content (AvgIpc) is 3.13. The first kappa shape index (κ1) is 19.9. The van der Waals surface area contributed by atoms with Crippen LogP contribution >= 0.6 is 0 Å². The molecule has 0 saturated carbocycles. The van der Waals surface area contributed by atoms with Crippen LogP contribution in [0.2, 0.25) is 0 Å². The summed E-state index contributed by atoms with van der Waals surface area (Å²) < 4.78 is 0. The molecule has 1 aromatic carbocycles. The smallest absolute Gasteiger partial charge is 0.225 e. The van der Waals surface area contributed by atoms with Gasteiger partial charge in [0.1, 0.15) is 0 Å². The predicted octanol–water partition coefficient (Wildman–Crippen LogP) is 2.11. The number of hydrogen-bond acceptors (Lipinski definition) is 3. The molecule has 6 nitrogen and oxygen atoms in total. The summed E-state index contributed by atoms with van der Waals surface area (Å²) in [5, 5.41) is 0. The number of nitrogens with zero attached hydrogens (tertiary/aromatic N) is 3. The van der Waals surface area contributed by atoms with E-state index in [4.69, 9.17) is 0 Å². The van der Waals surface area contributed by atoms with Crippen LogP contribution in [0.15, 0.2) is 30.3 Å². The summed E-state index contributed by atoms with van der Waals surface area (Å²) in [6.07, 6.45) is 2.36. The highest BCUT2D eigenvalue weighted by Gasteiger charge is 2.47. The predicted molar refractivity (Wildman–Crippen MR) is 110 cm³/mol. The third-order valence-electron chi connectivity index (χ3n) is 7.16. The summed E-state index contributed by atoms with van der Waals surface area (Å²) in [7, 11) is 0. The minimum absolute atomic E-state index is 0.0163. The third kappa shape index (κ3) is 3.89. The maximum absolute atomic E-state index is 13.2. The van der Waals surface area contributed by atoms with Crippen LogP contribution in [0.25, 0.3) is 0 Å². The van der Waals surface area contributed by atoms with Gasteiger partial charge in [-0.3, -0.25) is 14.4 Å². The van der Waals surface area contributed by atoms with Gasteiger partial charge in [-0.1, -0.05) is 30.3 Å². The van der Waals surface area contributed by atoms with Crippen LogP contribution in [0.4, 0.5) is 0 Å². The second-order valence-corrected chi connectivity index (χ2v) is 8.77. The maximum Gasteiger partial charge on any atom is 0.225 e. The van der Waals surface area contributed by atoms with Crippen molar-refractivity contribution >= 4 is 17.7 Å². The van der Waals surface area contributed by atoms with Crippen molar-refractivity contribution in [2.75, 3.05) is 32.7 Å². The first-order valence-electron chi connectivity index (χ1n) is 10.8. The van der Waals surface area contributed by atoms with Gasteiger partial charge >= 0.3 is 0 Å². The van der Waals surface area contributed by atoms with E-state index in [9.17, 15) is 14.4 Å². The number of benzene rings is 1. The molecule has 3 aliphatic rings. The van der Waals surface area contributed by atoms with Crippen LogP contribution in [-0.2, 0) is 14.4 Å². The van der Waals surface area contributed by atoms with E-state index in [1.807, 2.05) is 20.8 Å². The standard InChI is InChI=1S/C23H31N3O3/c1-16(27)24-11-8-19(9-12-24)23(29)25-13-10-22-21(14-25)20(15-26(22)17(2)28)18-6-4-3-5-7-18/h3-7,19-22H,8-15H2,1-2H3/t20-,21-,22-/m1/s1. The summed E-state index contributed by atoms with van der Waals surface area (Å²) >= 11 is 0. The van der Waals surface area contributed by atoms with Crippen LogP contribution in [0.1, 0.15) is 44.6 Å². The lowest BCUT2D eigenvalue weighted by molar-refractivity contribution is -0.142. The van der Waals surface area contributed by atoms with Crippen molar-refractivity contribution in [1.29, 1.82) is 0 Å². The Morgan fingerprint density at radius 1 is 0.828 bits per heavy atom. The molecule has 0 unspecified atom stereocenters. The molecule has 4 rings (SSSR count). The first-order chi connectivity index (χ1) is 14.0. The van der Waals surface area contributed by atoms with Crippen LogP contribution in [0.3, 0.4) is 0 Å². The van der Waals surface area contributed by atoms with E-state index in [0.29, 0.717) is 13.1 Å². The quantitative estimate of drug-likeness (QED) is 0.768. The van der Waals surface area contributed by atoms with Gasteiger partial charge in [-0.15, -0.1) is 0 Å². The Bertz CT molecular complexity index is 773. The highest BCUT2D eigenvalue weighted by molar-refractivity contribution is 5.80. The number of hydrogen-bond donors (Lipinski definition) is 0. The Kier molecular flexibility index (Phi) is 5.61. The molecular formula is C23H31N3O3. The van der Waals surface area contributed by atoms with E-state index in [2.05, 4.69) is 24.3 Å². The minimum Gasteiger partial charge on any atom is -0.343 e. The van der Waals surface area contributed by atoms with Gasteiger partial charge in [-0.2, -0.15) is 0 Å². The zero-order valence-electron chi connectivity index (χ0n) is 17.4. The molecule has 0 aliphatic carbocycles. The van der Waals surface area contributed by atoms with Crippen molar-refractivity contribution in [3.63, 3.8) is 0 Å². The van der Waals surface area contributed by atoms with Crippen molar-refractivity contribution in [3.05, 3.63) is 35.9 Å². The van der Waals surface area contributed by atoms with Crippen molar-refractivity contribution in [3.8, 4) is 0 Å².